The maximum Gasteiger partial charge on any atom is 0.298 e. The lowest BCUT2D eigenvalue weighted by atomic mass is 10.0. The number of nitrogens with two attached hydrogens (primary N) is 1. The van der Waals surface area contributed by atoms with Gasteiger partial charge < -0.3 is 15.4 Å². The minimum atomic E-state index is -0.145. The van der Waals surface area contributed by atoms with Crippen molar-refractivity contribution in [3.63, 3.8) is 0 Å². The van der Waals surface area contributed by atoms with Crippen molar-refractivity contribution in [2.75, 3.05) is 18.8 Å². The number of hydrogen-bond acceptors (Lipinski definition) is 6. The van der Waals surface area contributed by atoms with Crippen LogP contribution in [0.3, 0.4) is 0 Å². The van der Waals surface area contributed by atoms with E-state index in [1.807, 2.05) is 53.8 Å². The number of aryl methyl sites for hydroxylation is 1. The highest BCUT2D eigenvalue weighted by atomic mass is 16.5. The van der Waals surface area contributed by atoms with Crippen LogP contribution in [0.2, 0.25) is 0 Å². The molecule has 1 aliphatic rings. The number of nitrogens with zero attached hydrogens (tertiary/aromatic N) is 5. The summed E-state index contributed by atoms with van der Waals surface area (Å²) in [5.74, 6) is 7.59. The number of nitrogen functional groups attached to an aromatic ring is 1. The standard InChI is InChI=1S/C26H24N6O2/c1-3-5-22(33)31-15-12-19(16-31)23-21-11-14-29-26(27)32(21)24(30-23)18-7-9-20(10-8-18)34-25-17(2)6-4-13-28-25/h4,6-11,13-14,19H,12,15-16H2,1-2H3,(H2,27,29). The van der Waals surface area contributed by atoms with Gasteiger partial charge in [-0.05, 0) is 62.6 Å². The molecule has 1 aliphatic heterocycles. The predicted octanol–water partition coefficient (Wildman–Crippen LogP) is 3.81. The summed E-state index contributed by atoms with van der Waals surface area (Å²) < 4.78 is 7.79. The van der Waals surface area contributed by atoms with Crippen molar-refractivity contribution in [2.24, 2.45) is 0 Å². The second-order valence-corrected chi connectivity index (χ2v) is 8.21. The average Bonchev–Trinajstić information content (AvgIpc) is 3.47. The van der Waals surface area contributed by atoms with E-state index in [0.717, 1.165) is 28.8 Å². The maximum absolute atomic E-state index is 12.2. The van der Waals surface area contributed by atoms with E-state index < -0.39 is 0 Å². The second kappa shape index (κ2) is 8.87. The molecule has 1 saturated heterocycles. The molecule has 0 spiro atoms. The van der Waals surface area contributed by atoms with E-state index in [4.69, 9.17) is 15.5 Å². The van der Waals surface area contributed by atoms with Gasteiger partial charge in [-0.25, -0.2) is 15.0 Å². The Kier molecular flexibility index (Phi) is 5.60. The Bertz CT molecular complexity index is 1430. The molecule has 1 fully saturated rings. The fraction of sp³-hybridized carbons (Fsp3) is 0.231. The van der Waals surface area contributed by atoms with Crippen molar-refractivity contribution in [2.45, 2.75) is 26.2 Å². The van der Waals surface area contributed by atoms with E-state index in [9.17, 15) is 4.79 Å². The molecule has 34 heavy (non-hydrogen) atoms. The molecule has 3 aromatic heterocycles. The van der Waals surface area contributed by atoms with Crippen molar-refractivity contribution in [1.82, 2.24) is 24.3 Å². The number of carbonyl (C=O) groups is 1. The molecule has 0 aliphatic carbocycles. The van der Waals surface area contributed by atoms with E-state index in [1.165, 1.54) is 0 Å². The van der Waals surface area contributed by atoms with Crippen LogP contribution >= 0.6 is 0 Å². The molecule has 8 nitrogen and oxygen atoms in total. The Balaban J connectivity index is 1.48. The molecule has 1 amide bonds. The van der Waals surface area contributed by atoms with Gasteiger partial charge in [0.25, 0.3) is 5.91 Å². The highest BCUT2D eigenvalue weighted by Gasteiger charge is 2.30. The number of likely N-dealkylation sites (tertiary alicyclic amines) is 1. The van der Waals surface area contributed by atoms with Crippen molar-refractivity contribution in [3.05, 3.63) is 66.1 Å². The number of aromatic nitrogens is 4. The number of fused-ring (bicyclic) bond motifs is 1. The first-order chi connectivity index (χ1) is 16.5. The van der Waals surface area contributed by atoms with E-state index in [1.54, 1.807) is 24.2 Å². The SMILES string of the molecule is CC#CC(=O)N1CCC(c2nc(-c3ccc(Oc4ncccc4C)cc3)n3c(N)nccc23)C1. The van der Waals surface area contributed by atoms with Crippen molar-refractivity contribution in [3.8, 4) is 34.9 Å². The molecule has 4 aromatic rings. The van der Waals surface area contributed by atoms with Crippen LogP contribution in [0.25, 0.3) is 16.9 Å². The zero-order valence-electron chi connectivity index (χ0n) is 19.0. The monoisotopic (exact) mass is 452 g/mol. The van der Waals surface area contributed by atoms with Crippen LogP contribution in [0.5, 0.6) is 11.6 Å². The summed E-state index contributed by atoms with van der Waals surface area (Å²) in [5.41, 5.74) is 9.92. The largest absolute Gasteiger partial charge is 0.439 e. The number of benzene rings is 1. The second-order valence-electron chi connectivity index (χ2n) is 8.21. The Morgan fingerprint density at radius 3 is 2.74 bits per heavy atom. The van der Waals surface area contributed by atoms with Gasteiger partial charge in [-0.2, -0.15) is 0 Å². The van der Waals surface area contributed by atoms with Gasteiger partial charge in [-0.1, -0.05) is 12.0 Å². The normalized spacial score (nSPS) is 15.2. The molecule has 8 heteroatoms. The molecule has 0 radical (unpaired) electrons. The fourth-order valence-corrected chi connectivity index (χ4v) is 4.29. The molecular formula is C26H24N6O2. The molecule has 0 saturated carbocycles. The maximum atomic E-state index is 12.2. The quantitative estimate of drug-likeness (QED) is 0.473. The molecule has 1 aromatic carbocycles. The predicted molar refractivity (Wildman–Crippen MR) is 129 cm³/mol. The third-order valence-electron chi connectivity index (χ3n) is 5.99. The zero-order valence-corrected chi connectivity index (χ0v) is 19.0. The molecule has 170 valence electrons. The molecule has 1 unspecified atom stereocenters. The number of anilines is 1. The Morgan fingerprint density at radius 2 is 1.97 bits per heavy atom. The highest BCUT2D eigenvalue weighted by Crippen LogP contribution is 2.34. The third-order valence-corrected chi connectivity index (χ3v) is 5.99. The first-order valence-electron chi connectivity index (χ1n) is 11.1. The Labute approximate surface area is 197 Å². The number of hydrogen-bond donors (Lipinski definition) is 1. The molecule has 0 bridgehead atoms. The summed E-state index contributed by atoms with van der Waals surface area (Å²) >= 11 is 0. The van der Waals surface area contributed by atoms with Gasteiger partial charge >= 0.3 is 0 Å². The Morgan fingerprint density at radius 1 is 1.15 bits per heavy atom. The van der Waals surface area contributed by atoms with Gasteiger partial charge in [0.05, 0.1) is 11.2 Å². The van der Waals surface area contributed by atoms with Gasteiger partial charge in [0.2, 0.25) is 11.8 Å². The van der Waals surface area contributed by atoms with Crippen molar-refractivity contribution in [1.29, 1.82) is 0 Å². The van der Waals surface area contributed by atoms with Crippen LogP contribution in [-0.2, 0) is 4.79 Å². The van der Waals surface area contributed by atoms with Gasteiger partial charge in [0.1, 0.15) is 11.6 Å². The van der Waals surface area contributed by atoms with Crippen LogP contribution in [0.15, 0.2) is 54.9 Å². The van der Waals surface area contributed by atoms with Crippen molar-refractivity contribution >= 4 is 17.4 Å². The summed E-state index contributed by atoms with van der Waals surface area (Å²) in [6, 6.07) is 13.4. The van der Waals surface area contributed by atoms with Crippen LogP contribution in [0, 0.1) is 18.8 Å². The number of carbonyl (C=O) groups excluding carboxylic acids is 1. The van der Waals surface area contributed by atoms with E-state index in [-0.39, 0.29) is 11.8 Å². The van der Waals surface area contributed by atoms with Crippen molar-refractivity contribution < 1.29 is 9.53 Å². The lowest BCUT2D eigenvalue weighted by Crippen LogP contribution is -2.26. The molecule has 2 N–H and O–H groups in total. The van der Waals surface area contributed by atoms with Crippen LogP contribution in [0.1, 0.15) is 30.5 Å². The van der Waals surface area contributed by atoms with Crippen LogP contribution in [0.4, 0.5) is 5.95 Å². The first-order valence-corrected chi connectivity index (χ1v) is 11.1. The van der Waals surface area contributed by atoms with Crippen LogP contribution in [-0.4, -0.2) is 43.2 Å². The summed E-state index contributed by atoms with van der Waals surface area (Å²) in [4.78, 5) is 27.6. The minimum Gasteiger partial charge on any atom is -0.439 e. The molecule has 1 atom stereocenters. The summed E-state index contributed by atoms with van der Waals surface area (Å²) in [6.45, 7) is 4.87. The molecule has 4 heterocycles. The highest BCUT2D eigenvalue weighted by molar-refractivity contribution is 5.93. The van der Waals surface area contributed by atoms with Gasteiger partial charge in [-0.3, -0.25) is 9.20 Å². The minimum absolute atomic E-state index is 0.0999. The van der Waals surface area contributed by atoms with E-state index in [0.29, 0.717) is 36.5 Å². The number of ether oxygens (including phenoxy) is 1. The average molecular weight is 453 g/mol. The summed E-state index contributed by atoms with van der Waals surface area (Å²) in [5, 5.41) is 0. The number of imidazole rings is 1. The Hall–Kier alpha value is -4.38. The topological polar surface area (TPSA) is 98.6 Å². The fourth-order valence-electron chi connectivity index (χ4n) is 4.29. The lowest BCUT2D eigenvalue weighted by molar-refractivity contribution is -0.124. The first kappa shape index (κ1) is 21.5. The molecule has 5 rings (SSSR count). The van der Waals surface area contributed by atoms with Gasteiger partial charge in [0.15, 0.2) is 0 Å². The smallest absolute Gasteiger partial charge is 0.298 e. The number of rotatable bonds is 4. The number of amides is 1. The van der Waals surface area contributed by atoms with Gasteiger partial charge in [0, 0.05) is 42.5 Å². The van der Waals surface area contributed by atoms with E-state index >= 15 is 0 Å². The third kappa shape index (κ3) is 3.92. The van der Waals surface area contributed by atoms with Crippen LogP contribution < -0.4 is 10.5 Å². The lowest BCUT2D eigenvalue weighted by Gasteiger charge is -2.12. The molecular weight excluding hydrogens is 428 g/mol. The number of pyridine rings is 1. The summed E-state index contributed by atoms with van der Waals surface area (Å²) in [7, 11) is 0. The van der Waals surface area contributed by atoms with Gasteiger partial charge in [-0.15, -0.1) is 0 Å². The summed E-state index contributed by atoms with van der Waals surface area (Å²) in [6.07, 6.45) is 4.21. The van der Waals surface area contributed by atoms with E-state index in [2.05, 4.69) is 21.8 Å². The zero-order chi connectivity index (χ0) is 23.7.